The summed E-state index contributed by atoms with van der Waals surface area (Å²) in [6.45, 7) is 2.73. The Bertz CT molecular complexity index is 385. The van der Waals surface area contributed by atoms with Crippen LogP contribution in [-0.2, 0) is 11.3 Å². The van der Waals surface area contributed by atoms with Gasteiger partial charge in [0.1, 0.15) is 5.82 Å². The van der Waals surface area contributed by atoms with Gasteiger partial charge in [-0.25, -0.2) is 4.39 Å². The Kier molecular flexibility index (Phi) is 4.70. The highest BCUT2D eigenvalue weighted by molar-refractivity contribution is 5.78. The number of nitrogens with one attached hydrogen (secondary N) is 1. The van der Waals surface area contributed by atoms with Gasteiger partial charge in [0.15, 0.2) is 0 Å². The molecule has 1 fully saturated rings. The van der Waals surface area contributed by atoms with E-state index in [1.54, 1.807) is 12.1 Å². The van der Waals surface area contributed by atoms with E-state index in [1.165, 1.54) is 18.6 Å². The Labute approximate surface area is 107 Å². The number of amides is 1. The Morgan fingerprint density at radius 2 is 1.83 bits per heavy atom. The van der Waals surface area contributed by atoms with E-state index in [4.69, 9.17) is 0 Å². The monoisotopic (exact) mass is 250 g/mol. The summed E-state index contributed by atoms with van der Waals surface area (Å²) in [5, 5.41) is 3.10. The number of halogens is 1. The molecule has 1 saturated heterocycles. The van der Waals surface area contributed by atoms with Crippen molar-refractivity contribution in [3.05, 3.63) is 35.6 Å². The van der Waals surface area contributed by atoms with Gasteiger partial charge in [-0.3, -0.25) is 4.79 Å². The van der Waals surface area contributed by atoms with Gasteiger partial charge in [0.25, 0.3) is 0 Å². The van der Waals surface area contributed by atoms with Crippen molar-refractivity contribution in [3.63, 3.8) is 0 Å². The topological polar surface area (TPSA) is 32.3 Å². The minimum Gasteiger partial charge on any atom is -0.342 e. The molecule has 1 aliphatic rings. The molecule has 4 heteroatoms. The van der Waals surface area contributed by atoms with Crippen molar-refractivity contribution in [1.82, 2.24) is 10.2 Å². The summed E-state index contributed by atoms with van der Waals surface area (Å²) in [7, 11) is 0. The quantitative estimate of drug-likeness (QED) is 0.885. The fourth-order valence-electron chi connectivity index (χ4n) is 2.17. The van der Waals surface area contributed by atoms with Crippen molar-refractivity contribution in [2.45, 2.75) is 25.8 Å². The lowest BCUT2D eigenvalue weighted by atomic mass is 10.1. The lowest BCUT2D eigenvalue weighted by molar-refractivity contribution is -0.131. The van der Waals surface area contributed by atoms with Crippen LogP contribution < -0.4 is 5.32 Å². The van der Waals surface area contributed by atoms with Crippen LogP contribution in [0.15, 0.2) is 24.3 Å². The third-order valence-electron chi connectivity index (χ3n) is 3.23. The van der Waals surface area contributed by atoms with Gasteiger partial charge >= 0.3 is 0 Å². The lowest BCUT2D eigenvalue weighted by Crippen LogP contribution is -2.40. The third kappa shape index (κ3) is 3.81. The number of nitrogens with zero attached hydrogens (tertiary/aromatic N) is 1. The molecule has 18 heavy (non-hydrogen) atoms. The molecule has 3 nitrogen and oxygen atoms in total. The van der Waals surface area contributed by atoms with Gasteiger partial charge in [-0.2, -0.15) is 0 Å². The van der Waals surface area contributed by atoms with E-state index in [-0.39, 0.29) is 11.7 Å². The van der Waals surface area contributed by atoms with E-state index < -0.39 is 0 Å². The van der Waals surface area contributed by atoms with Crippen molar-refractivity contribution >= 4 is 5.91 Å². The van der Waals surface area contributed by atoms with E-state index >= 15 is 0 Å². The van der Waals surface area contributed by atoms with Crippen molar-refractivity contribution < 1.29 is 9.18 Å². The second-order valence-corrected chi connectivity index (χ2v) is 4.67. The molecule has 0 spiro atoms. The standard InChI is InChI=1S/C14H19FN2O/c15-13-6-4-12(5-7-13)10-16-11-14(18)17-8-2-1-3-9-17/h4-7,16H,1-3,8-11H2. The van der Waals surface area contributed by atoms with E-state index in [0.29, 0.717) is 13.1 Å². The maximum absolute atomic E-state index is 12.7. The smallest absolute Gasteiger partial charge is 0.236 e. The highest BCUT2D eigenvalue weighted by Crippen LogP contribution is 2.08. The number of hydrogen-bond donors (Lipinski definition) is 1. The molecule has 2 rings (SSSR count). The number of carbonyl (C=O) groups excluding carboxylic acids is 1. The van der Waals surface area contributed by atoms with E-state index in [9.17, 15) is 9.18 Å². The van der Waals surface area contributed by atoms with Crippen LogP contribution in [0.2, 0.25) is 0 Å². The van der Waals surface area contributed by atoms with Gasteiger partial charge in [0.05, 0.1) is 6.54 Å². The average Bonchev–Trinajstić information content (AvgIpc) is 2.42. The lowest BCUT2D eigenvalue weighted by Gasteiger charge is -2.26. The zero-order valence-electron chi connectivity index (χ0n) is 10.5. The molecule has 1 aliphatic heterocycles. The first-order valence-corrected chi connectivity index (χ1v) is 6.48. The van der Waals surface area contributed by atoms with Gasteiger partial charge in [-0.1, -0.05) is 12.1 Å². The minimum absolute atomic E-state index is 0.164. The van der Waals surface area contributed by atoms with E-state index in [1.807, 2.05) is 4.90 Å². The molecule has 1 N–H and O–H groups in total. The molecule has 0 radical (unpaired) electrons. The maximum atomic E-state index is 12.7. The van der Waals surface area contributed by atoms with Crippen molar-refractivity contribution in [1.29, 1.82) is 0 Å². The maximum Gasteiger partial charge on any atom is 0.236 e. The number of hydrogen-bond acceptors (Lipinski definition) is 2. The number of piperidine rings is 1. The van der Waals surface area contributed by atoms with E-state index in [0.717, 1.165) is 31.5 Å². The Hall–Kier alpha value is -1.42. The third-order valence-corrected chi connectivity index (χ3v) is 3.23. The summed E-state index contributed by atoms with van der Waals surface area (Å²) in [6, 6.07) is 6.33. The SMILES string of the molecule is O=C(CNCc1ccc(F)cc1)N1CCCCC1. The number of benzene rings is 1. The van der Waals surface area contributed by atoms with Gasteiger partial charge < -0.3 is 10.2 Å². The zero-order valence-corrected chi connectivity index (χ0v) is 10.5. The normalized spacial score (nSPS) is 15.7. The minimum atomic E-state index is -0.233. The molecule has 1 heterocycles. The van der Waals surface area contributed by atoms with Crippen LogP contribution in [0.5, 0.6) is 0 Å². The molecular formula is C14H19FN2O. The van der Waals surface area contributed by atoms with Crippen LogP contribution in [0, 0.1) is 5.82 Å². The predicted molar refractivity (Wildman–Crippen MR) is 68.5 cm³/mol. The van der Waals surface area contributed by atoms with Crippen LogP contribution in [0.25, 0.3) is 0 Å². The second kappa shape index (κ2) is 6.50. The van der Waals surface area contributed by atoms with Gasteiger partial charge in [0.2, 0.25) is 5.91 Å². The molecule has 1 aromatic rings. The van der Waals surface area contributed by atoms with Crippen molar-refractivity contribution in [2.75, 3.05) is 19.6 Å². The Morgan fingerprint density at radius 3 is 2.50 bits per heavy atom. The fraction of sp³-hybridized carbons (Fsp3) is 0.500. The Balaban J connectivity index is 1.71. The van der Waals surface area contributed by atoms with Gasteiger partial charge in [0, 0.05) is 19.6 Å². The van der Waals surface area contributed by atoms with Crippen LogP contribution in [0.3, 0.4) is 0 Å². The molecule has 0 aromatic heterocycles. The number of rotatable bonds is 4. The van der Waals surface area contributed by atoms with Gasteiger partial charge in [-0.05, 0) is 37.0 Å². The summed E-state index contributed by atoms with van der Waals surface area (Å²) in [4.78, 5) is 13.8. The predicted octanol–water partition coefficient (Wildman–Crippen LogP) is 1.93. The summed E-state index contributed by atoms with van der Waals surface area (Å²) >= 11 is 0. The van der Waals surface area contributed by atoms with Crippen molar-refractivity contribution in [2.24, 2.45) is 0 Å². The highest BCUT2D eigenvalue weighted by Gasteiger charge is 2.15. The number of carbonyl (C=O) groups is 1. The first-order valence-electron chi connectivity index (χ1n) is 6.48. The fourth-order valence-corrected chi connectivity index (χ4v) is 2.17. The first kappa shape index (κ1) is 13.0. The summed E-state index contributed by atoms with van der Waals surface area (Å²) in [5.74, 6) is -0.0695. The van der Waals surface area contributed by atoms with Crippen LogP contribution in [-0.4, -0.2) is 30.4 Å². The largest absolute Gasteiger partial charge is 0.342 e. The first-order chi connectivity index (χ1) is 8.75. The molecule has 0 bridgehead atoms. The molecule has 0 saturated carbocycles. The molecule has 0 aliphatic carbocycles. The average molecular weight is 250 g/mol. The van der Waals surface area contributed by atoms with E-state index in [2.05, 4.69) is 5.32 Å². The van der Waals surface area contributed by atoms with Crippen LogP contribution >= 0.6 is 0 Å². The summed E-state index contributed by atoms with van der Waals surface area (Å²) in [5.41, 5.74) is 0.989. The van der Waals surface area contributed by atoms with Crippen LogP contribution in [0.4, 0.5) is 4.39 Å². The Morgan fingerprint density at radius 1 is 1.17 bits per heavy atom. The van der Waals surface area contributed by atoms with Crippen LogP contribution in [0.1, 0.15) is 24.8 Å². The zero-order chi connectivity index (χ0) is 12.8. The highest BCUT2D eigenvalue weighted by atomic mass is 19.1. The summed E-state index contributed by atoms with van der Waals surface area (Å²) in [6.07, 6.45) is 3.46. The van der Waals surface area contributed by atoms with Crippen molar-refractivity contribution in [3.8, 4) is 0 Å². The van der Waals surface area contributed by atoms with Gasteiger partial charge in [-0.15, -0.1) is 0 Å². The molecule has 1 aromatic carbocycles. The summed E-state index contributed by atoms with van der Waals surface area (Å²) < 4.78 is 12.7. The molecule has 1 amide bonds. The second-order valence-electron chi connectivity index (χ2n) is 4.67. The molecule has 0 unspecified atom stereocenters. The molecular weight excluding hydrogens is 231 g/mol. The molecule has 98 valence electrons. The molecule has 0 atom stereocenters. The number of likely N-dealkylation sites (tertiary alicyclic amines) is 1.